The summed E-state index contributed by atoms with van der Waals surface area (Å²) in [6, 6.07) is 12.3. The summed E-state index contributed by atoms with van der Waals surface area (Å²) in [4.78, 5) is 9.21. The minimum atomic E-state index is 0.906. The van der Waals surface area contributed by atoms with Gasteiger partial charge in [0.1, 0.15) is 0 Å². The molecule has 2 nitrogen and oxygen atoms in total. The first-order valence-corrected chi connectivity index (χ1v) is 6.93. The molecule has 0 radical (unpaired) electrons. The molecule has 3 rings (SSSR count). The molecular weight excluding hydrogens is 300 g/mol. The largest absolute Gasteiger partial charge is 0.252 e. The minimum absolute atomic E-state index is 0.906. The zero-order valence-corrected chi connectivity index (χ0v) is 12.4. The van der Waals surface area contributed by atoms with Gasteiger partial charge in [0, 0.05) is 10.0 Å². The van der Waals surface area contributed by atoms with Crippen molar-refractivity contribution in [1.82, 2.24) is 9.97 Å². The van der Waals surface area contributed by atoms with E-state index < -0.39 is 0 Å². The van der Waals surface area contributed by atoms with Crippen molar-refractivity contribution in [3.63, 3.8) is 0 Å². The molecule has 0 bridgehead atoms. The SMILES string of the molecule is Cc1cc2ncc(-c3ccc(Br)cc3)nc2cc1C. The normalized spacial score (nSPS) is 10.9. The van der Waals surface area contributed by atoms with Crippen LogP contribution in [0.2, 0.25) is 0 Å². The average Bonchev–Trinajstić information content (AvgIpc) is 2.40. The second-order valence-corrected chi connectivity index (χ2v) is 5.60. The molecule has 0 amide bonds. The lowest BCUT2D eigenvalue weighted by molar-refractivity contribution is 1.26. The number of hydrogen-bond donors (Lipinski definition) is 0. The number of aromatic nitrogens is 2. The molecule has 0 aliphatic heterocycles. The second kappa shape index (κ2) is 4.74. The van der Waals surface area contributed by atoms with Gasteiger partial charge < -0.3 is 0 Å². The van der Waals surface area contributed by atoms with E-state index in [-0.39, 0.29) is 0 Å². The summed E-state index contributed by atoms with van der Waals surface area (Å²) in [5.74, 6) is 0. The number of nitrogens with zero attached hydrogens (tertiary/aromatic N) is 2. The first kappa shape index (κ1) is 12.3. The molecule has 19 heavy (non-hydrogen) atoms. The zero-order chi connectivity index (χ0) is 13.4. The molecule has 94 valence electrons. The molecular formula is C16H13BrN2. The maximum Gasteiger partial charge on any atom is 0.0897 e. The lowest BCUT2D eigenvalue weighted by atomic mass is 10.1. The second-order valence-electron chi connectivity index (χ2n) is 4.69. The van der Waals surface area contributed by atoms with Crippen molar-refractivity contribution in [2.75, 3.05) is 0 Å². The molecule has 3 heteroatoms. The van der Waals surface area contributed by atoms with Crippen LogP contribution in [0.25, 0.3) is 22.3 Å². The maximum absolute atomic E-state index is 4.70. The van der Waals surface area contributed by atoms with Crippen molar-refractivity contribution >= 4 is 27.0 Å². The highest BCUT2D eigenvalue weighted by molar-refractivity contribution is 9.10. The topological polar surface area (TPSA) is 25.8 Å². The van der Waals surface area contributed by atoms with Gasteiger partial charge in [-0.15, -0.1) is 0 Å². The van der Waals surface area contributed by atoms with E-state index in [4.69, 9.17) is 4.98 Å². The molecule has 0 aliphatic rings. The lowest BCUT2D eigenvalue weighted by Crippen LogP contribution is -1.91. The molecule has 0 N–H and O–H groups in total. The third kappa shape index (κ3) is 2.38. The van der Waals surface area contributed by atoms with Crippen LogP contribution in [0, 0.1) is 13.8 Å². The fourth-order valence-electron chi connectivity index (χ4n) is 2.03. The number of fused-ring (bicyclic) bond motifs is 1. The van der Waals surface area contributed by atoms with Gasteiger partial charge in [-0.25, -0.2) is 4.98 Å². The molecule has 0 saturated carbocycles. The summed E-state index contributed by atoms with van der Waals surface area (Å²) >= 11 is 3.44. The van der Waals surface area contributed by atoms with Crippen molar-refractivity contribution in [2.45, 2.75) is 13.8 Å². The van der Waals surface area contributed by atoms with Crippen LogP contribution in [0.4, 0.5) is 0 Å². The highest BCUT2D eigenvalue weighted by Gasteiger charge is 2.04. The summed E-state index contributed by atoms with van der Waals surface area (Å²) in [5, 5.41) is 0. The fourth-order valence-corrected chi connectivity index (χ4v) is 2.29. The van der Waals surface area contributed by atoms with Crippen LogP contribution in [0.5, 0.6) is 0 Å². The van der Waals surface area contributed by atoms with Crippen LogP contribution in [-0.2, 0) is 0 Å². The summed E-state index contributed by atoms with van der Waals surface area (Å²) < 4.78 is 1.07. The first-order chi connectivity index (χ1) is 9.13. The van der Waals surface area contributed by atoms with E-state index in [9.17, 15) is 0 Å². The Morgan fingerprint density at radius 2 is 1.53 bits per heavy atom. The number of rotatable bonds is 1. The van der Waals surface area contributed by atoms with Gasteiger partial charge in [0.25, 0.3) is 0 Å². The Bertz CT molecular complexity index is 749. The smallest absolute Gasteiger partial charge is 0.0897 e. The van der Waals surface area contributed by atoms with Gasteiger partial charge in [-0.1, -0.05) is 28.1 Å². The molecule has 0 aliphatic carbocycles. The molecule has 2 aromatic carbocycles. The van der Waals surface area contributed by atoms with Gasteiger partial charge >= 0.3 is 0 Å². The summed E-state index contributed by atoms with van der Waals surface area (Å²) in [7, 11) is 0. The highest BCUT2D eigenvalue weighted by atomic mass is 79.9. The molecule has 3 aromatic rings. The van der Waals surface area contributed by atoms with Gasteiger partial charge in [0.15, 0.2) is 0 Å². The lowest BCUT2D eigenvalue weighted by Gasteiger charge is -2.05. The van der Waals surface area contributed by atoms with E-state index in [1.54, 1.807) is 0 Å². The Hall–Kier alpha value is -1.74. The van der Waals surface area contributed by atoms with E-state index in [0.29, 0.717) is 0 Å². The van der Waals surface area contributed by atoms with E-state index in [1.807, 2.05) is 30.5 Å². The molecule has 0 unspecified atom stereocenters. The maximum atomic E-state index is 4.70. The third-order valence-corrected chi connectivity index (χ3v) is 3.83. The van der Waals surface area contributed by atoms with Gasteiger partial charge in [-0.3, -0.25) is 4.98 Å². The van der Waals surface area contributed by atoms with Gasteiger partial charge in [-0.05, 0) is 49.2 Å². The van der Waals surface area contributed by atoms with Crippen LogP contribution in [0.15, 0.2) is 47.1 Å². The van der Waals surface area contributed by atoms with E-state index in [0.717, 1.165) is 26.8 Å². The number of halogens is 1. The predicted octanol–water partition coefficient (Wildman–Crippen LogP) is 4.68. The van der Waals surface area contributed by atoms with Crippen molar-refractivity contribution < 1.29 is 0 Å². The Morgan fingerprint density at radius 3 is 2.21 bits per heavy atom. The quantitative estimate of drug-likeness (QED) is 0.652. The molecule has 1 aromatic heterocycles. The molecule has 0 spiro atoms. The predicted molar refractivity (Wildman–Crippen MR) is 82.1 cm³/mol. The average molecular weight is 313 g/mol. The fraction of sp³-hybridized carbons (Fsp3) is 0.125. The molecule has 1 heterocycles. The van der Waals surface area contributed by atoms with E-state index in [2.05, 4.69) is 46.9 Å². The Morgan fingerprint density at radius 1 is 0.895 bits per heavy atom. The van der Waals surface area contributed by atoms with Crippen molar-refractivity contribution in [1.29, 1.82) is 0 Å². The number of aryl methyl sites for hydroxylation is 2. The summed E-state index contributed by atoms with van der Waals surface area (Å²) in [6.45, 7) is 4.20. The van der Waals surface area contributed by atoms with E-state index in [1.165, 1.54) is 11.1 Å². The third-order valence-electron chi connectivity index (χ3n) is 3.30. The monoisotopic (exact) mass is 312 g/mol. The Kier molecular flexibility index (Phi) is 3.07. The number of benzene rings is 2. The molecule has 0 saturated heterocycles. The van der Waals surface area contributed by atoms with Crippen molar-refractivity contribution in [3.8, 4) is 11.3 Å². The van der Waals surface area contributed by atoms with Gasteiger partial charge in [0.05, 0.1) is 22.9 Å². The van der Waals surface area contributed by atoms with Crippen LogP contribution in [0.1, 0.15) is 11.1 Å². The summed E-state index contributed by atoms with van der Waals surface area (Å²) in [5.41, 5.74) is 6.37. The zero-order valence-electron chi connectivity index (χ0n) is 10.8. The molecule has 0 fully saturated rings. The highest BCUT2D eigenvalue weighted by Crippen LogP contribution is 2.22. The summed E-state index contributed by atoms with van der Waals surface area (Å²) in [6.07, 6.45) is 1.83. The van der Waals surface area contributed by atoms with Gasteiger partial charge in [0.2, 0.25) is 0 Å². The van der Waals surface area contributed by atoms with Crippen molar-refractivity contribution in [2.24, 2.45) is 0 Å². The van der Waals surface area contributed by atoms with Gasteiger partial charge in [-0.2, -0.15) is 0 Å². The van der Waals surface area contributed by atoms with E-state index >= 15 is 0 Å². The van der Waals surface area contributed by atoms with Crippen LogP contribution < -0.4 is 0 Å². The van der Waals surface area contributed by atoms with Crippen LogP contribution in [0.3, 0.4) is 0 Å². The van der Waals surface area contributed by atoms with Crippen LogP contribution >= 0.6 is 15.9 Å². The van der Waals surface area contributed by atoms with Crippen molar-refractivity contribution in [3.05, 3.63) is 58.2 Å². The molecule has 0 atom stereocenters. The standard InChI is InChI=1S/C16H13BrN2/c1-10-7-14-15(8-11(10)2)19-16(9-18-14)12-3-5-13(17)6-4-12/h3-9H,1-2H3. The Labute approximate surface area is 120 Å². The van der Waals surface area contributed by atoms with Crippen LogP contribution in [-0.4, -0.2) is 9.97 Å². The first-order valence-electron chi connectivity index (χ1n) is 6.13. The Balaban J connectivity index is 2.16. The minimum Gasteiger partial charge on any atom is -0.252 e. The number of hydrogen-bond acceptors (Lipinski definition) is 2.